The maximum atomic E-state index is 13.9. The number of hydrogen-bond donors (Lipinski definition) is 2. The number of nitrogens with zero attached hydrogens (tertiary/aromatic N) is 4. The maximum Gasteiger partial charge on any atom is 0.285 e. The van der Waals surface area contributed by atoms with Crippen molar-refractivity contribution < 1.29 is 0 Å². The minimum atomic E-state index is -0.845. The van der Waals surface area contributed by atoms with E-state index in [9.17, 15) is 19.2 Å². The van der Waals surface area contributed by atoms with Gasteiger partial charge in [0.25, 0.3) is 11.1 Å². The summed E-state index contributed by atoms with van der Waals surface area (Å²) in [4.78, 5) is 63.2. The quantitative estimate of drug-likeness (QED) is 0.184. The zero-order valence-corrected chi connectivity index (χ0v) is 19.9. The smallest absolute Gasteiger partial charge is 0.285 e. The zero-order chi connectivity index (χ0) is 25.6. The second-order valence-corrected chi connectivity index (χ2v) is 9.98. The van der Waals surface area contributed by atoms with Crippen LogP contribution in [-0.4, -0.2) is 18.8 Å². The second-order valence-electron chi connectivity index (χ2n) is 9.98. The molecular formula is C27H22N6O4. The fourth-order valence-corrected chi connectivity index (χ4v) is 6.26. The molecule has 0 unspecified atom stereocenters. The monoisotopic (exact) mass is 494 g/mol. The Kier molecular flexibility index (Phi) is 4.49. The number of nitrogens with one attached hydrogen (secondary N) is 2. The van der Waals surface area contributed by atoms with Gasteiger partial charge in [-0.1, -0.05) is 18.6 Å². The highest BCUT2D eigenvalue weighted by Crippen LogP contribution is 2.23. The number of fused-ring (bicyclic) bond motifs is 9. The third kappa shape index (κ3) is 2.75. The van der Waals surface area contributed by atoms with Crippen LogP contribution < -0.4 is 33.0 Å². The van der Waals surface area contributed by atoms with Gasteiger partial charge in [0.15, 0.2) is 0 Å². The van der Waals surface area contributed by atoms with Gasteiger partial charge >= 0.3 is 0 Å². The van der Waals surface area contributed by atoms with Crippen LogP contribution in [0.4, 0.5) is 0 Å². The molecule has 5 aromatic rings. The molecule has 2 aliphatic carbocycles. The molecule has 0 amide bonds. The third-order valence-corrected chi connectivity index (χ3v) is 7.99. The lowest BCUT2D eigenvalue weighted by molar-refractivity contribution is 0.706. The summed E-state index contributed by atoms with van der Waals surface area (Å²) in [6.45, 7) is 0. The molecule has 2 N–H and O–H groups in total. The van der Waals surface area contributed by atoms with Gasteiger partial charge in [-0.05, 0) is 51.4 Å². The Morgan fingerprint density at radius 2 is 1.24 bits per heavy atom. The van der Waals surface area contributed by atoms with Gasteiger partial charge in [0.05, 0.1) is 0 Å². The highest BCUT2D eigenvalue weighted by atomic mass is 16.2. The first kappa shape index (κ1) is 21.9. The molecule has 0 saturated heterocycles. The van der Waals surface area contributed by atoms with Crippen molar-refractivity contribution >= 4 is 33.1 Å². The summed E-state index contributed by atoms with van der Waals surface area (Å²) < 4.78 is 2.40. The first-order valence-electron chi connectivity index (χ1n) is 12.6. The summed E-state index contributed by atoms with van der Waals surface area (Å²) in [5.74, 6) is 0. The van der Waals surface area contributed by atoms with Crippen molar-refractivity contribution in [2.75, 3.05) is 0 Å². The highest BCUT2D eigenvalue weighted by Gasteiger charge is 2.27. The number of benzene rings is 1. The predicted octanol–water partition coefficient (Wildman–Crippen LogP) is 0.705. The first-order chi connectivity index (χ1) is 17.9. The number of aryl methyl sites for hydroxylation is 2. The van der Waals surface area contributed by atoms with E-state index in [1.807, 2.05) is 12.2 Å². The Bertz CT molecular complexity index is 2200. The summed E-state index contributed by atoms with van der Waals surface area (Å²) in [7, 11) is 0. The molecular weight excluding hydrogens is 472 g/mol. The summed E-state index contributed by atoms with van der Waals surface area (Å²) in [5.41, 5.74) is -0.636. The lowest BCUT2D eigenvalue weighted by Crippen LogP contribution is -2.34. The van der Waals surface area contributed by atoms with Crippen molar-refractivity contribution in [2.24, 2.45) is 0 Å². The summed E-state index contributed by atoms with van der Waals surface area (Å²) in [6, 6.07) is 0. The summed E-state index contributed by atoms with van der Waals surface area (Å²) in [5, 5.41) is 16.6. The normalized spacial score (nSPS) is 17.1. The largest absolute Gasteiger partial charge is 0.287 e. The van der Waals surface area contributed by atoms with Gasteiger partial charge in [-0.3, -0.25) is 34.4 Å². The summed E-state index contributed by atoms with van der Waals surface area (Å²) in [6.07, 6.45) is 10.6. The van der Waals surface area contributed by atoms with E-state index in [1.54, 1.807) is 0 Å². The van der Waals surface area contributed by atoms with Gasteiger partial charge < -0.3 is 0 Å². The first-order valence-corrected chi connectivity index (χ1v) is 12.6. The van der Waals surface area contributed by atoms with Gasteiger partial charge in [-0.2, -0.15) is 4.98 Å². The molecule has 2 aliphatic rings. The van der Waals surface area contributed by atoms with Crippen LogP contribution in [0, 0.1) is 10.8 Å². The fourth-order valence-electron chi connectivity index (χ4n) is 6.26. The van der Waals surface area contributed by atoms with Crippen LogP contribution in [0.1, 0.15) is 54.4 Å². The molecule has 1 aromatic carbocycles. The van der Waals surface area contributed by atoms with Crippen LogP contribution >= 0.6 is 0 Å². The minimum absolute atomic E-state index is 0.0232. The Balaban J connectivity index is 1.71. The molecule has 4 aromatic heterocycles. The van der Waals surface area contributed by atoms with Crippen molar-refractivity contribution in [3.05, 3.63) is 86.5 Å². The van der Waals surface area contributed by atoms with Crippen LogP contribution in [0.5, 0.6) is 0 Å². The number of rotatable bonds is 0. The SMILES string of the molecule is N=c1c2c(c3nc4c(=O)c5c(=O)nc6c7c(c(=N)n6c5c(=O)c4c(=O)n13)CCCCC7)CC/C=C\CC2. The van der Waals surface area contributed by atoms with E-state index in [0.29, 0.717) is 44.1 Å². The van der Waals surface area contributed by atoms with E-state index < -0.39 is 32.7 Å². The van der Waals surface area contributed by atoms with Crippen molar-refractivity contribution in [3.63, 3.8) is 0 Å². The Morgan fingerprint density at radius 3 is 2.00 bits per heavy atom. The third-order valence-electron chi connectivity index (χ3n) is 7.99. The van der Waals surface area contributed by atoms with Crippen molar-refractivity contribution in [3.8, 4) is 0 Å². The van der Waals surface area contributed by atoms with Crippen LogP contribution in [0.15, 0.2) is 31.3 Å². The predicted molar refractivity (Wildman–Crippen MR) is 136 cm³/mol. The molecule has 0 fully saturated rings. The van der Waals surface area contributed by atoms with Crippen LogP contribution in [-0.2, 0) is 25.7 Å². The van der Waals surface area contributed by atoms with E-state index in [2.05, 4.69) is 9.97 Å². The van der Waals surface area contributed by atoms with Gasteiger partial charge in [-0.25, -0.2) is 9.38 Å². The van der Waals surface area contributed by atoms with E-state index in [-0.39, 0.29) is 33.3 Å². The molecule has 7 rings (SSSR count). The standard InChI is InChI=1S/C27H22N6O4/c28-22-12-9-6-3-7-11-15(12)25-31-26(36)17-19(32(22)25)21(35)16-18(20(17)34)30-24-14-10-5-2-1-4-8-13(14)23(29)33(24)27(16)37/h1-2,28-29H,3-11H2/b2-1-,28-22?,29-23?. The van der Waals surface area contributed by atoms with Crippen LogP contribution in [0.2, 0.25) is 0 Å². The van der Waals surface area contributed by atoms with Gasteiger partial charge in [-0.15, -0.1) is 0 Å². The molecule has 0 atom stereocenters. The number of aromatic nitrogens is 4. The van der Waals surface area contributed by atoms with Gasteiger partial charge in [0.2, 0.25) is 10.9 Å². The summed E-state index contributed by atoms with van der Waals surface area (Å²) >= 11 is 0. The fraction of sp³-hybridized carbons (Fsp3) is 0.333. The molecule has 184 valence electrons. The number of allylic oxidation sites excluding steroid dienone is 2. The average molecular weight is 495 g/mol. The number of hydrogen-bond acceptors (Lipinski definition) is 8. The Morgan fingerprint density at radius 1 is 0.649 bits per heavy atom. The van der Waals surface area contributed by atoms with E-state index in [0.717, 1.165) is 40.4 Å². The lowest BCUT2D eigenvalue weighted by Gasteiger charge is -2.06. The molecule has 37 heavy (non-hydrogen) atoms. The molecule has 0 saturated carbocycles. The molecule has 10 heteroatoms. The minimum Gasteiger partial charge on any atom is -0.287 e. The van der Waals surface area contributed by atoms with Crippen molar-refractivity contribution in [1.82, 2.24) is 18.8 Å². The van der Waals surface area contributed by atoms with E-state index in [1.165, 1.54) is 4.40 Å². The van der Waals surface area contributed by atoms with Crippen LogP contribution in [0.25, 0.3) is 33.1 Å². The molecule has 10 nitrogen and oxygen atoms in total. The average Bonchev–Trinajstić information content (AvgIpc) is 3.12. The Labute approximate surface area is 207 Å². The molecule has 0 radical (unpaired) electrons. The van der Waals surface area contributed by atoms with Gasteiger partial charge in [0.1, 0.15) is 44.1 Å². The van der Waals surface area contributed by atoms with E-state index in [4.69, 9.17) is 10.8 Å². The van der Waals surface area contributed by atoms with Gasteiger partial charge in [0, 0.05) is 22.3 Å². The molecule has 0 aliphatic heterocycles. The van der Waals surface area contributed by atoms with Crippen molar-refractivity contribution in [2.45, 2.75) is 57.8 Å². The molecule has 0 spiro atoms. The molecule has 0 bridgehead atoms. The topological polar surface area (TPSA) is 151 Å². The van der Waals surface area contributed by atoms with Crippen molar-refractivity contribution in [1.29, 1.82) is 10.8 Å². The maximum absolute atomic E-state index is 13.9. The lowest BCUT2D eigenvalue weighted by atomic mass is 10.0. The molecule has 4 heterocycles. The zero-order valence-electron chi connectivity index (χ0n) is 19.9. The second kappa shape index (κ2) is 7.58. The highest BCUT2D eigenvalue weighted by molar-refractivity contribution is 5.95. The Hall–Kier alpha value is -4.34. The van der Waals surface area contributed by atoms with E-state index >= 15 is 0 Å². The van der Waals surface area contributed by atoms with Crippen LogP contribution in [0.3, 0.4) is 0 Å².